The molecule has 0 fully saturated rings. The highest BCUT2D eigenvalue weighted by atomic mass is 19.2. The average Bonchev–Trinajstić information content (AvgIpc) is 3.07. The van der Waals surface area contributed by atoms with E-state index in [0.29, 0.717) is 12.1 Å². The second kappa shape index (κ2) is 13.2. The fraction of sp³-hybridized carbons (Fsp3) is 0.118. The maximum Gasteiger partial charge on any atom is 0.225 e. The van der Waals surface area contributed by atoms with E-state index in [2.05, 4.69) is 0 Å². The number of hydrogen-bond acceptors (Lipinski definition) is 0. The fourth-order valence-corrected chi connectivity index (χ4v) is 6.02. The second-order valence-electron chi connectivity index (χ2n) is 10.8. The molecule has 17 heteroatoms. The van der Waals surface area contributed by atoms with E-state index in [1.807, 2.05) is 0 Å². The normalized spacial score (nSPS) is 11.9. The Kier molecular flexibility index (Phi) is 9.66. The predicted molar refractivity (Wildman–Crippen MR) is 151 cm³/mol. The van der Waals surface area contributed by atoms with E-state index in [9.17, 15) is 35.1 Å². The van der Waals surface area contributed by atoms with Crippen molar-refractivity contribution in [3.05, 3.63) is 129 Å². The molecule has 5 rings (SSSR count). The molecule has 0 unspecified atom stereocenters. The van der Waals surface area contributed by atoms with Gasteiger partial charge in [-0.05, 0) is 25.5 Å². The zero-order chi connectivity index (χ0) is 38.0. The molecule has 51 heavy (non-hydrogen) atoms. The van der Waals surface area contributed by atoms with Crippen molar-refractivity contribution in [3.8, 4) is 33.4 Å². The van der Waals surface area contributed by atoms with Crippen LogP contribution in [0.25, 0.3) is 33.4 Å². The van der Waals surface area contributed by atoms with Crippen LogP contribution < -0.4 is 4.48 Å². The Balaban J connectivity index is 2.21. The van der Waals surface area contributed by atoms with Crippen LogP contribution in [0, 0.1) is 93.1 Å². The van der Waals surface area contributed by atoms with E-state index in [1.54, 1.807) is 0 Å². The third-order valence-electron chi connectivity index (χ3n) is 8.35. The first-order valence-corrected chi connectivity index (χ1v) is 14.2. The van der Waals surface area contributed by atoms with Crippen LogP contribution in [0.15, 0.2) is 36.4 Å². The van der Waals surface area contributed by atoms with Crippen molar-refractivity contribution in [1.82, 2.24) is 4.48 Å². The molecule has 5 aromatic carbocycles. The molecule has 0 bridgehead atoms. The number of hydrogen-bond donors (Lipinski definition) is 0. The minimum atomic E-state index is -2.62. The van der Waals surface area contributed by atoms with Gasteiger partial charge in [0.25, 0.3) is 0 Å². The molecule has 5 aromatic rings. The Labute approximate surface area is 276 Å². The first-order chi connectivity index (χ1) is 23.9. The summed E-state index contributed by atoms with van der Waals surface area (Å²) >= 11 is 0. The lowest BCUT2D eigenvalue weighted by molar-refractivity contribution is 0.361. The van der Waals surface area contributed by atoms with Crippen LogP contribution >= 0.6 is 0 Å². The molecule has 0 aliphatic carbocycles. The topological polar surface area (TPSA) is 0 Å². The summed E-state index contributed by atoms with van der Waals surface area (Å²) in [5, 5.41) is 0. The molecular formula is C34H16F16N+. The van der Waals surface area contributed by atoms with Gasteiger partial charge >= 0.3 is 0 Å². The largest absolute Gasteiger partial charge is 0.253 e. The van der Waals surface area contributed by atoms with Crippen molar-refractivity contribution >= 4 is 11.4 Å². The fourth-order valence-electron chi connectivity index (χ4n) is 6.02. The number of nitrogens with zero attached hydrogens (tertiary/aromatic N) is 1. The quantitative estimate of drug-likeness (QED) is 0.0674. The smallest absolute Gasteiger partial charge is 0.225 e. The SMILES string of the molecule is CC[N+](CC)(c1ccc(-c2c(F)cc(F)c(F)c2F)c(-c2c(F)cc(F)c(F)c2F)c1-c1c(F)cc(F)c(F)c1F)c1c(F)cc(F)c(F)c1F. The maximum atomic E-state index is 15.8. The highest BCUT2D eigenvalue weighted by molar-refractivity contribution is 6.01. The molecule has 0 radical (unpaired) electrons. The molecule has 268 valence electrons. The number of quaternary nitrogens is 1. The monoisotopic (exact) mass is 742 g/mol. The van der Waals surface area contributed by atoms with Crippen LogP contribution in [0.4, 0.5) is 81.6 Å². The Morgan fingerprint density at radius 1 is 0.353 bits per heavy atom. The summed E-state index contributed by atoms with van der Waals surface area (Å²) in [6.07, 6.45) is 0. The van der Waals surface area contributed by atoms with Gasteiger partial charge in [0.2, 0.25) is 17.3 Å². The molecular weight excluding hydrogens is 726 g/mol. The molecule has 0 spiro atoms. The van der Waals surface area contributed by atoms with Gasteiger partial charge in [0, 0.05) is 35.9 Å². The van der Waals surface area contributed by atoms with Crippen LogP contribution in [-0.2, 0) is 0 Å². The minimum absolute atomic E-state index is 0.166. The summed E-state index contributed by atoms with van der Waals surface area (Å²) in [4.78, 5) is 0. The minimum Gasteiger partial charge on any atom is -0.253 e. The highest BCUT2D eigenvalue weighted by Gasteiger charge is 2.44. The molecule has 0 atom stereocenters. The van der Waals surface area contributed by atoms with E-state index in [4.69, 9.17) is 0 Å². The average molecular weight is 742 g/mol. The highest BCUT2D eigenvalue weighted by Crippen LogP contribution is 2.54. The van der Waals surface area contributed by atoms with E-state index in [0.717, 1.165) is 13.8 Å². The van der Waals surface area contributed by atoms with Crippen LogP contribution in [0.5, 0.6) is 0 Å². The van der Waals surface area contributed by atoms with Gasteiger partial charge in [0.15, 0.2) is 64.0 Å². The lowest BCUT2D eigenvalue weighted by Gasteiger charge is -2.38. The molecule has 0 aromatic heterocycles. The van der Waals surface area contributed by atoms with Gasteiger partial charge in [-0.25, -0.2) is 65.9 Å². The Hall–Kier alpha value is -5.06. The summed E-state index contributed by atoms with van der Waals surface area (Å²) in [6, 6.07) is -0.364. The lowest BCUT2D eigenvalue weighted by atomic mass is 9.84. The summed E-state index contributed by atoms with van der Waals surface area (Å²) in [5.41, 5.74) is -13.1. The molecule has 0 saturated heterocycles. The molecule has 0 aliphatic rings. The molecule has 0 saturated carbocycles. The summed E-state index contributed by atoms with van der Waals surface area (Å²) in [7, 11) is 0. The third-order valence-corrected chi connectivity index (χ3v) is 8.35. The van der Waals surface area contributed by atoms with Gasteiger partial charge in [-0.3, -0.25) is 4.48 Å². The Morgan fingerprint density at radius 2 is 0.706 bits per heavy atom. The zero-order valence-corrected chi connectivity index (χ0v) is 25.4. The van der Waals surface area contributed by atoms with Crippen molar-refractivity contribution in [2.24, 2.45) is 0 Å². The summed E-state index contributed by atoms with van der Waals surface area (Å²) in [6.45, 7) is 0.522. The maximum absolute atomic E-state index is 15.8. The lowest BCUT2D eigenvalue weighted by Crippen LogP contribution is -2.46. The Bertz CT molecular complexity index is 2260. The summed E-state index contributed by atoms with van der Waals surface area (Å²) in [5.74, 6) is -37.0. The number of halogens is 16. The first kappa shape index (κ1) is 37.2. The van der Waals surface area contributed by atoms with Crippen molar-refractivity contribution in [3.63, 3.8) is 0 Å². The van der Waals surface area contributed by atoms with Gasteiger partial charge in [0.1, 0.15) is 23.1 Å². The molecule has 0 N–H and O–H groups in total. The zero-order valence-electron chi connectivity index (χ0n) is 25.4. The summed E-state index contributed by atoms with van der Waals surface area (Å²) < 4.78 is 238. The second-order valence-corrected chi connectivity index (χ2v) is 10.8. The van der Waals surface area contributed by atoms with Crippen LogP contribution in [0.1, 0.15) is 13.8 Å². The van der Waals surface area contributed by atoms with Gasteiger partial charge in [-0.2, -0.15) is 4.39 Å². The molecule has 0 heterocycles. The standard InChI is InChI=1S/C34H16F16N/c1-3-51(4-2,34-19(42)10-18(41)29(46)33(34)50)20-6-5-11(21-12(35)7-15(38)26(43)30(21)47)22(23-13(36)8-16(39)27(44)31(23)48)25(20)24-14(37)9-17(40)28(45)32(24)49/h5-10H,3-4H2,1-2H3/q+1. The van der Waals surface area contributed by atoms with E-state index < -0.39 is 155 Å². The van der Waals surface area contributed by atoms with Gasteiger partial charge in [0.05, 0.1) is 35.3 Å². The molecule has 0 aliphatic heterocycles. The van der Waals surface area contributed by atoms with Crippen molar-refractivity contribution in [1.29, 1.82) is 0 Å². The van der Waals surface area contributed by atoms with Crippen molar-refractivity contribution in [2.45, 2.75) is 13.8 Å². The molecule has 0 amide bonds. The van der Waals surface area contributed by atoms with E-state index >= 15 is 35.1 Å². The van der Waals surface area contributed by atoms with Gasteiger partial charge in [-0.1, -0.05) is 0 Å². The van der Waals surface area contributed by atoms with E-state index in [1.165, 1.54) is 0 Å². The van der Waals surface area contributed by atoms with Crippen molar-refractivity contribution in [2.75, 3.05) is 13.1 Å². The molecule has 1 nitrogen and oxygen atoms in total. The van der Waals surface area contributed by atoms with Crippen LogP contribution in [0.3, 0.4) is 0 Å². The van der Waals surface area contributed by atoms with Crippen LogP contribution in [0.2, 0.25) is 0 Å². The predicted octanol–water partition coefficient (Wildman–Crippen LogP) is 11.6. The first-order valence-electron chi connectivity index (χ1n) is 14.2. The number of rotatable bonds is 7. The van der Waals surface area contributed by atoms with Crippen LogP contribution in [-0.4, -0.2) is 13.1 Å². The number of benzene rings is 5. The third kappa shape index (κ3) is 5.57. The van der Waals surface area contributed by atoms with Gasteiger partial charge in [-0.15, -0.1) is 0 Å². The Morgan fingerprint density at radius 3 is 1.14 bits per heavy atom. The van der Waals surface area contributed by atoms with Crippen molar-refractivity contribution < 1.29 is 70.2 Å². The van der Waals surface area contributed by atoms with Gasteiger partial charge < -0.3 is 0 Å². The van der Waals surface area contributed by atoms with E-state index in [-0.39, 0.29) is 24.3 Å².